The van der Waals surface area contributed by atoms with Crippen LogP contribution in [0.15, 0.2) is 40.3 Å². The van der Waals surface area contributed by atoms with Crippen molar-refractivity contribution >= 4 is 44.6 Å². The van der Waals surface area contributed by atoms with Crippen LogP contribution in [0.3, 0.4) is 0 Å². The van der Waals surface area contributed by atoms with E-state index in [0.717, 1.165) is 21.8 Å². The zero-order chi connectivity index (χ0) is 15.5. The van der Waals surface area contributed by atoms with Gasteiger partial charge in [0.2, 0.25) is 0 Å². The third-order valence-corrected chi connectivity index (χ3v) is 5.75. The van der Waals surface area contributed by atoms with Gasteiger partial charge in [-0.1, -0.05) is 6.07 Å². The predicted octanol–water partition coefficient (Wildman–Crippen LogP) is 3.26. The number of aromatic nitrogens is 1. The molecule has 1 aliphatic heterocycles. The molecule has 2 aromatic heterocycles. The number of pyridine rings is 1. The van der Waals surface area contributed by atoms with Gasteiger partial charge in [0.25, 0.3) is 0 Å². The maximum atomic E-state index is 9.15. The summed E-state index contributed by atoms with van der Waals surface area (Å²) < 4.78 is 1.08. The number of nitrogens with zero attached hydrogens (tertiary/aromatic N) is 2. The number of halogens is 1. The van der Waals surface area contributed by atoms with E-state index < -0.39 is 0 Å². The van der Waals surface area contributed by atoms with Gasteiger partial charge in [0.15, 0.2) is 5.11 Å². The average molecular weight is 398 g/mol. The van der Waals surface area contributed by atoms with Gasteiger partial charge in [-0.3, -0.25) is 4.98 Å². The number of nitrogens with one attached hydrogen (secondary N) is 1. The number of hydrogen-bond acceptors (Lipinski definition) is 4. The Morgan fingerprint density at radius 3 is 2.95 bits per heavy atom. The van der Waals surface area contributed by atoms with Gasteiger partial charge >= 0.3 is 0 Å². The lowest BCUT2D eigenvalue weighted by Crippen LogP contribution is -2.30. The Morgan fingerprint density at radius 1 is 1.45 bits per heavy atom. The molecule has 2 unspecified atom stereocenters. The number of hydrogen-bond donors (Lipinski definition) is 2. The predicted molar refractivity (Wildman–Crippen MR) is 95.9 cm³/mol. The lowest BCUT2D eigenvalue weighted by atomic mass is 10.0. The molecule has 0 aromatic carbocycles. The van der Waals surface area contributed by atoms with Crippen LogP contribution >= 0.6 is 39.5 Å². The van der Waals surface area contributed by atoms with E-state index in [-0.39, 0.29) is 18.7 Å². The number of thiocarbonyl (C=S) groups is 1. The Kier molecular flexibility index (Phi) is 5.07. The maximum Gasteiger partial charge on any atom is 0.170 e. The van der Waals surface area contributed by atoms with Gasteiger partial charge in [-0.25, -0.2) is 0 Å². The minimum absolute atomic E-state index is 0.0259. The molecule has 1 fully saturated rings. The largest absolute Gasteiger partial charge is 0.396 e. The average Bonchev–Trinajstić information content (AvgIpc) is 3.09. The van der Waals surface area contributed by atoms with Crippen LogP contribution in [0.1, 0.15) is 29.1 Å². The Balaban J connectivity index is 1.96. The van der Waals surface area contributed by atoms with E-state index in [9.17, 15) is 0 Å². The molecule has 0 spiro atoms. The maximum absolute atomic E-state index is 9.15. The van der Waals surface area contributed by atoms with E-state index in [0.29, 0.717) is 6.42 Å². The summed E-state index contributed by atoms with van der Waals surface area (Å²) in [5.41, 5.74) is 0.978. The highest BCUT2D eigenvalue weighted by Gasteiger charge is 2.40. The van der Waals surface area contributed by atoms with Crippen molar-refractivity contribution < 1.29 is 5.11 Å². The molecule has 2 atom stereocenters. The summed E-state index contributed by atoms with van der Waals surface area (Å²) in [5, 5.41) is 15.3. The number of aliphatic hydroxyl groups is 1. The van der Waals surface area contributed by atoms with Crippen LogP contribution in [0.5, 0.6) is 0 Å². The third kappa shape index (κ3) is 3.17. The monoisotopic (exact) mass is 397 g/mol. The Labute approximate surface area is 147 Å². The van der Waals surface area contributed by atoms with Gasteiger partial charge in [-0.2, -0.15) is 0 Å². The Hall–Kier alpha value is -1.02. The first-order valence-corrected chi connectivity index (χ1v) is 9.11. The fraction of sp³-hybridized carbons (Fsp3) is 0.333. The summed E-state index contributed by atoms with van der Waals surface area (Å²) in [6, 6.07) is 8.18. The van der Waals surface area contributed by atoms with Gasteiger partial charge < -0.3 is 15.3 Å². The molecule has 0 amide bonds. The van der Waals surface area contributed by atoms with Crippen LogP contribution in [0.25, 0.3) is 0 Å². The van der Waals surface area contributed by atoms with Crippen molar-refractivity contribution in [3.8, 4) is 0 Å². The quantitative estimate of drug-likeness (QED) is 0.758. The standard InChI is InChI=1S/C15H16BrN3OS2/c16-10-8-12(22-9-10)14-13(11-4-1-2-5-17-11)18-15(21)19(14)6-3-7-20/h1-2,4-5,8-9,13-14,20H,3,6-7H2,(H,18,21). The number of rotatable bonds is 5. The second-order valence-corrected chi connectivity index (χ2v) is 7.31. The van der Waals surface area contributed by atoms with E-state index in [1.54, 1.807) is 17.5 Å². The van der Waals surface area contributed by atoms with Crippen LogP contribution in [-0.2, 0) is 0 Å². The SMILES string of the molecule is OCCCN1C(=S)NC(c2ccccn2)C1c1cc(Br)cs1. The van der Waals surface area contributed by atoms with E-state index in [1.165, 1.54) is 4.88 Å². The van der Waals surface area contributed by atoms with Gasteiger partial charge in [0.05, 0.1) is 17.8 Å². The molecular formula is C15H16BrN3OS2. The summed E-state index contributed by atoms with van der Waals surface area (Å²) in [6.07, 6.45) is 2.50. The highest BCUT2D eigenvalue weighted by molar-refractivity contribution is 9.10. The molecule has 3 heterocycles. The first-order chi connectivity index (χ1) is 10.7. The van der Waals surface area contributed by atoms with Crippen LogP contribution in [0.4, 0.5) is 0 Å². The van der Waals surface area contributed by atoms with E-state index >= 15 is 0 Å². The molecule has 2 N–H and O–H groups in total. The van der Waals surface area contributed by atoms with Crippen molar-refractivity contribution in [1.82, 2.24) is 15.2 Å². The summed E-state index contributed by atoms with van der Waals surface area (Å²) in [5.74, 6) is 0. The zero-order valence-corrected chi connectivity index (χ0v) is 15.0. The second kappa shape index (κ2) is 7.04. The lowest BCUT2D eigenvalue weighted by Gasteiger charge is -2.26. The van der Waals surface area contributed by atoms with Gasteiger partial charge in [-0.15, -0.1) is 11.3 Å². The molecule has 0 saturated carbocycles. The first kappa shape index (κ1) is 15.9. The minimum Gasteiger partial charge on any atom is -0.396 e. The number of thiophene rings is 1. The third-order valence-electron chi connectivity index (χ3n) is 3.63. The highest BCUT2D eigenvalue weighted by Crippen LogP contribution is 2.41. The Morgan fingerprint density at radius 2 is 2.32 bits per heavy atom. The molecule has 1 aliphatic rings. The van der Waals surface area contributed by atoms with Crippen LogP contribution in [-0.4, -0.2) is 33.3 Å². The molecule has 22 heavy (non-hydrogen) atoms. The fourth-order valence-corrected chi connectivity index (χ4v) is 4.60. The first-order valence-electron chi connectivity index (χ1n) is 7.03. The molecule has 4 nitrogen and oxygen atoms in total. The van der Waals surface area contributed by atoms with Crippen LogP contribution < -0.4 is 5.32 Å². The molecule has 7 heteroatoms. The number of aliphatic hydroxyl groups excluding tert-OH is 1. The van der Waals surface area contributed by atoms with Crippen molar-refractivity contribution in [2.45, 2.75) is 18.5 Å². The van der Waals surface area contributed by atoms with Gasteiger partial charge in [0.1, 0.15) is 0 Å². The molecule has 3 rings (SSSR count). The van der Waals surface area contributed by atoms with Gasteiger partial charge in [0, 0.05) is 34.1 Å². The van der Waals surface area contributed by atoms with Crippen molar-refractivity contribution in [2.75, 3.05) is 13.2 Å². The second-order valence-electron chi connectivity index (χ2n) is 5.06. The molecule has 2 aromatic rings. The van der Waals surface area contributed by atoms with E-state index in [1.807, 2.05) is 18.2 Å². The summed E-state index contributed by atoms with van der Waals surface area (Å²) >= 11 is 10.7. The lowest BCUT2D eigenvalue weighted by molar-refractivity contribution is 0.249. The van der Waals surface area contributed by atoms with Crippen molar-refractivity contribution in [3.63, 3.8) is 0 Å². The van der Waals surface area contributed by atoms with Crippen LogP contribution in [0.2, 0.25) is 0 Å². The Bertz CT molecular complexity index is 649. The summed E-state index contributed by atoms with van der Waals surface area (Å²) in [6.45, 7) is 0.889. The minimum atomic E-state index is 0.0259. The highest BCUT2D eigenvalue weighted by atomic mass is 79.9. The summed E-state index contributed by atoms with van der Waals surface area (Å²) in [7, 11) is 0. The fourth-order valence-electron chi connectivity index (χ4n) is 2.68. The van der Waals surface area contributed by atoms with E-state index in [2.05, 4.69) is 42.6 Å². The molecule has 0 aliphatic carbocycles. The molecule has 0 bridgehead atoms. The normalized spacial score (nSPS) is 21.2. The summed E-state index contributed by atoms with van der Waals surface area (Å²) in [4.78, 5) is 7.87. The van der Waals surface area contributed by atoms with Crippen LogP contribution in [0, 0.1) is 0 Å². The van der Waals surface area contributed by atoms with E-state index in [4.69, 9.17) is 17.3 Å². The van der Waals surface area contributed by atoms with Gasteiger partial charge in [-0.05, 0) is 52.8 Å². The molecule has 0 radical (unpaired) electrons. The smallest absolute Gasteiger partial charge is 0.170 e. The van der Waals surface area contributed by atoms with Crippen molar-refractivity contribution in [3.05, 3.63) is 50.9 Å². The van der Waals surface area contributed by atoms with Crippen molar-refractivity contribution in [1.29, 1.82) is 0 Å². The molecule has 1 saturated heterocycles. The van der Waals surface area contributed by atoms with Crippen molar-refractivity contribution in [2.24, 2.45) is 0 Å². The zero-order valence-electron chi connectivity index (χ0n) is 11.8. The topological polar surface area (TPSA) is 48.4 Å². The molecular weight excluding hydrogens is 382 g/mol. The molecule has 116 valence electrons.